The van der Waals surface area contributed by atoms with E-state index in [1.807, 2.05) is 0 Å². The maximum absolute atomic E-state index is 10.5. The van der Waals surface area contributed by atoms with Gasteiger partial charge in [0, 0.05) is 0 Å². The standard InChI is InChI=1S/C4H13NO6P2/c1-2-5(3-12(6,7)8)4-13(9,10)11/h2-4H2,1H3,(H2,6,7,8)(H2,9,10,11). The zero-order chi connectivity index (χ0) is 10.7. The van der Waals surface area contributed by atoms with E-state index in [4.69, 9.17) is 19.6 Å². The smallest absolute Gasteiger partial charge is 0.324 e. The van der Waals surface area contributed by atoms with Crippen molar-refractivity contribution < 1.29 is 28.7 Å². The minimum atomic E-state index is -4.24. The van der Waals surface area contributed by atoms with Gasteiger partial charge in [0.2, 0.25) is 0 Å². The van der Waals surface area contributed by atoms with E-state index in [1.165, 1.54) is 0 Å². The summed E-state index contributed by atoms with van der Waals surface area (Å²) < 4.78 is 21.0. The Bertz CT molecular complexity index is 219. The fourth-order valence-electron chi connectivity index (χ4n) is 0.766. The highest BCUT2D eigenvalue weighted by molar-refractivity contribution is 7.52. The van der Waals surface area contributed by atoms with Crippen LogP contribution in [0.5, 0.6) is 0 Å². The van der Waals surface area contributed by atoms with Gasteiger partial charge in [-0.05, 0) is 6.54 Å². The molecule has 0 amide bonds. The van der Waals surface area contributed by atoms with Gasteiger partial charge < -0.3 is 19.6 Å². The zero-order valence-electron chi connectivity index (χ0n) is 7.07. The van der Waals surface area contributed by atoms with Gasteiger partial charge in [-0.2, -0.15) is 0 Å². The second kappa shape index (κ2) is 4.66. The monoisotopic (exact) mass is 233 g/mol. The molecule has 0 aliphatic heterocycles. The topological polar surface area (TPSA) is 118 Å². The Labute approximate surface area is 75.7 Å². The molecule has 0 atom stereocenters. The third kappa shape index (κ3) is 8.59. The van der Waals surface area contributed by atoms with Crippen LogP contribution in [0.1, 0.15) is 6.92 Å². The fourth-order valence-corrected chi connectivity index (χ4v) is 2.57. The Hall–Kier alpha value is 0.260. The van der Waals surface area contributed by atoms with Crippen molar-refractivity contribution in [1.82, 2.24) is 4.90 Å². The van der Waals surface area contributed by atoms with Crippen LogP contribution in [0.25, 0.3) is 0 Å². The molecule has 0 fully saturated rings. The van der Waals surface area contributed by atoms with Crippen molar-refractivity contribution in [3.8, 4) is 0 Å². The molecule has 4 N–H and O–H groups in total. The molecule has 0 aromatic carbocycles. The van der Waals surface area contributed by atoms with Crippen LogP contribution < -0.4 is 0 Å². The molecule has 7 nitrogen and oxygen atoms in total. The quantitative estimate of drug-likeness (QED) is 0.476. The van der Waals surface area contributed by atoms with Crippen molar-refractivity contribution in [2.24, 2.45) is 0 Å². The average Bonchev–Trinajstić information content (AvgIpc) is 1.79. The number of rotatable bonds is 5. The van der Waals surface area contributed by atoms with Crippen LogP contribution in [0.3, 0.4) is 0 Å². The highest BCUT2D eigenvalue weighted by Crippen LogP contribution is 2.40. The van der Waals surface area contributed by atoms with Crippen LogP contribution in [0, 0.1) is 0 Å². The molecule has 0 aliphatic carbocycles. The predicted molar refractivity (Wildman–Crippen MR) is 46.2 cm³/mol. The highest BCUT2D eigenvalue weighted by Gasteiger charge is 2.24. The van der Waals surface area contributed by atoms with Gasteiger partial charge in [-0.25, -0.2) is 0 Å². The molecule has 0 unspecified atom stereocenters. The van der Waals surface area contributed by atoms with Gasteiger partial charge in [0.15, 0.2) is 0 Å². The SMILES string of the molecule is CCN(CP(=O)(O)O)CP(=O)(O)O. The lowest BCUT2D eigenvalue weighted by Gasteiger charge is -2.20. The molecule has 0 aliphatic rings. The number of hydrogen-bond acceptors (Lipinski definition) is 3. The second-order valence-corrected chi connectivity index (χ2v) is 5.82. The van der Waals surface area contributed by atoms with Crippen LogP contribution in [-0.4, -0.2) is 43.6 Å². The summed E-state index contributed by atoms with van der Waals surface area (Å²) in [5, 5.41) is 0. The second-order valence-electron chi connectivity index (χ2n) is 2.60. The van der Waals surface area contributed by atoms with Crippen molar-refractivity contribution in [2.45, 2.75) is 6.92 Å². The first kappa shape index (κ1) is 13.3. The van der Waals surface area contributed by atoms with Crippen LogP contribution in [0.2, 0.25) is 0 Å². The van der Waals surface area contributed by atoms with E-state index in [0.717, 1.165) is 4.90 Å². The van der Waals surface area contributed by atoms with Crippen LogP contribution in [-0.2, 0) is 9.13 Å². The number of hydrogen-bond donors (Lipinski definition) is 4. The summed E-state index contributed by atoms with van der Waals surface area (Å²) in [5.41, 5.74) is 0. The van der Waals surface area contributed by atoms with E-state index < -0.39 is 27.8 Å². The fraction of sp³-hybridized carbons (Fsp3) is 1.00. The summed E-state index contributed by atoms with van der Waals surface area (Å²) in [6.45, 7) is 1.74. The third-order valence-electron chi connectivity index (χ3n) is 1.22. The van der Waals surface area contributed by atoms with E-state index in [9.17, 15) is 9.13 Å². The Morgan fingerprint density at radius 1 is 1.00 bits per heavy atom. The molecular weight excluding hydrogens is 220 g/mol. The first-order valence-electron chi connectivity index (χ1n) is 3.45. The van der Waals surface area contributed by atoms with Crippen LogP contribution in [0.15, 0.2) is 0 Å². The van der Waals surface area contributed by atoms with Gasteiger partial charge in [0.25, 0.3) is 0 Å². The maximum Gasteiger partial charge on any atom is 0.339 e. The van der Waals surface area contributed by atoms with Crippen molar-refractivity contribution in [3.63, 3.8) is 0 Å². The van der Waals surface area contributed by atoms with E-state index >= 15 is 0 Å². The van der Waals surface area contributed by atoms with Gasteiger partial charge >= 0.3 is 15.2 Å². The van der Waals surface area contributed by atoms with E-state index in [0.29, 0.717) is 0 Å². The lowest BCUT2D eigenvalue weighted by Crippen LogP contribution is -2.25. The number of nitrogens with zero attached hydrogens (tertiary/aromatic N) is 1. The third-order valence-corrected chi connectivity index (χ3v) is 2.75. The molecule has 0 heterocycles. The first-order valence-corrected chi connectivity index (χ1v) is 7.05. The molecule has 0 aromatic rings. The molecule has 13 heavy (non-hydrogen) atoms. The first-order chi connectivity index (χ1) is 5.64. The summed E-state index contributed by atoms with van der Waals surface area (Å²) in [4.78, 5) is 35.1. The Balaban J connectivity index is 4.22. The molecule has 0 spiro atoms. The van der Waals surface area contributed by atoms with Gasteiger partial charge in [0.1, 0.15) is 12.6 Å². The van der Waals surface area contributed by atoms with Gasteiger partial charge in [-0.3, -0.25) is 14.0 Å². The van der Waals surface area contributed by atoms with Gasteiger partial charge in [-0.15, -0.1) is 0 Å². The Kier molecular flexibility index (Phi) is 4.76. The summed E-state index contributed by atoms with van der Waals surface area (Å²) in [5.74, 6) is 0. The molecule has 0 saturated carbocycles. The van der Waals surface area contributed by atoms with Crippen LogP contribution in [0.4, 0.5) is 0 Å². The molecule has 80 valence electrons. The summed E-state index contributed by atoms with van der Waals surface area (Å²) >= 11 is 0. The highest BCUT2D eigenvalue weighted by atomic mass is 31.2. The largest absolute Gasteiger partial charge is 0.339 e. The lowest BCUT2D eigenvalue weighted by atomic mass is 10.7. The van der Waals surface area contributed by atoms with Crippen molar-refractivity contribution >= 4 is 15.2 Å². The zero-order valence-corrected chi connectivity index (χ0v) is 8.86. The van der Waals surface area contributed by atoms with Gasteiger partial charge in [0.05, 0.1) is 0 Å². The molecular formula is C4H13NO6P2. The van der Waals surface area contributed by atoms with Crippen LogP contribution >= 0.6 is 15.2 Å². The summed E-state index contributed by atoms with van der Waals surface area (Å²) in [6.07, 6.45) is -1.26. The minimum Gasteiger partial charge on any atom is -0.324 e. The summed E-state index contributed by atoms with van der Waals surface area (Å²) in [7, 11) is -8.48. The molecule has 9 heteroatoms. The maximum atomic E-state index is 10.5. The van der Waals surface area contributed by atoms with Crippen molar-refractivity contribution in [2.75, 3.05) is 19.1 Å². The van der Waals surface area contributed by atoms with Crippen molar-refractivity contribution in [3.05, 3.63) is 0 Å². The lowest BCUT2D eigenvalue weighted by molar-refractivity contribution is 0.285. The molecule has 0 rings (SSSR count). The van der Waals surface area contributed by atoms with E-state index in [1.54, 1.807) is 6.92 Å². The van der Waals surface area contributed by atoms with E-state index in [2.05, 4.69) is 0 Å². The van der Waals surface area contributed by atoms with E-state index in [-0.39, 0.29) is 6.54 Å². The summed E-state index contributed by atoms with van der Waals surface area (Å²) in [6, 6.07) is 0. The molecule has 0 saturated heterocycles. The molecule has 0 bridgehead atoms. The average molecular weight is 233 g/mol. The Morgan fingerprint density at radius 3 is 1.46 bits per heavy atom. The molecule has 0 radical (unpaired) electrons. The minimum absolute atomic E-state index is 0.177. The predicted octanol–water partition coefficient (Wildman–Crippen LogP) is -0.421. The molecule has 0 aromatic heterocycles. The van der Waals surface area contributed by atoms with Gasteiger partial charge in [-0.1, -0.05) is 6.92 Å². The Morgan fingerprint density at radius 2 is 1.31 bits per heavy atom. The van der Waals surface area contributed by atoms with Crippen molar-refractivity contribution in [1.29, 1.82) is 0 Å². The normalized spacial score (nSPS) is 13.7.